The number of amides is 1. The third kappa shape index (κ3) is 25.0. The molecule has 0 saturated carbocycles. The van der Waals surface area contributed by atoms with Crippen molar-refractivity contribution in [1.29, 1.82) is 0 Å². The van der Waals surface area contributed by atoms with E-state index in [0.717, 1.165) is 38.5 Å². The third-order valence-electron chi connectivity index (χ3n) is 6.14. The molecule has 0 radical (unpaired) electrons. The van der Waals surface area contributed by atoms with E-state index in [1.807, 2.05) is 0 Å². The Bertz CT molecular complexity index is 676. The molecule has 38 heavy (non-hydrogen) atoms. The number of unbranched alkanes of at least 4 members (excludes halogenated alkanes) is 10. The van der Waals surface area contributed by atoms with Gasteiger partial charge in [-0.05, 0) is 51.4 Å². The molecule has 0 heterocycles. The van der Waals surface area contributed by atoms with Gasteiger partial charge in [0.2, 0.25) is 5.91 Å². The average Bonchev–Trinajstić information content (AvgIpc) is 2.89. The number of carbonyl (C=O) groups excluding carboxylic acids is 3. The lowest BCUT2D eigenvalue weighted by Gasteiger charge is -2.22. The van der Waals surface area contributed by atoms with E-state index in [1.54, 1.807) is 0 Å². The van der Waals surface area contributed by atoms with Gasteiger partial charge in [0.25, 0.3) is 6.47 Å². The molecule has 0 unspecified atom stereocenters. The molecule has 8 nitrogen and oxygen atoms in total. The second-order valence-corrected chi connectivity index (χ2v) is 9.50. The average molecular weight is 538 g/mol. The van der Waals surface area contributed by atoms with E-state index in [0.29, 0.717) is 32.2 Å². The molecule has 0 aliphatic carbocycles. The van der Waals surface area contributed by atoms with E-state index in [9.17, 15) is 19.2 Å². The topological polar surface area (TPSA) is 110 Å². The van der Waals surface area contributed by atoms with Crippen LogP contribution in [-0.2, 0) is 28.7 Å². The smallest absolute Gasteiger partial charge is 0.305 e. The zero-order valence-corrected chi connectivity index (χ0v) is 23.6. The molecule has 0 aromatic carbocycles. The van der Waals surface area contributed by atoms with Crippen molar-refractivity contribution in [2.24, 2.45) is 0 Å². The van der Waals surface area contributed by atoms with E-state index >= 15 is 0 Å². The Labute approximate surface area is 229 Å². The molecule has 0 atom stereocenters. The first-order valence-electron chi connectivity index (χ1n) is 14.5. The van der Waals surface area contributed by atoms with Gasteiger partial charge in [-0.25, -0.2) is 0 Å². The van der Waals surface area contributed by atoms with Gasteiger partial charge in [0, 0.05) is 19.3 Å². The molecule has 218 valence electrons. The highest BCUT2D eigenvalue weighted by Crippen LogP contribution is 2.09. The number of allylic oxidation sites excluding steroid dienone is 4. The molecule has 0 aromatic rings. The Morgan fingerprint density at radius 1 is 0.711 bits per heavy atom. The van der Waals surface area contributed by atoms with Gasteiger partial charge in [-0.15, -0.1) is 0 Å². The highest BCUT2D eigenvalue weighted by atomic mass is 16.5. The predicted octanol–water partition coefficient (Wildman–Crippen LogP) is 6.38. The molecular weight excluding hydrogens is 486 g/mol. The van der Waals surface area contributed by atoms with Crippen molar-refractivity contribution in [3.63, 3.8) is 0 Å². The number of carboxylic acids is 1. The minimum atomic E-state index is -0.842. The van der Waals surface area contributed by atoms with Crippen molar-refractivity contribution in [3.05, 3.63) is 24.3 Å². The fraction of sp³-hybridized carbons (Fsp3) is 0.733. The van der Waals surface area contributed by atoms with E-state index in [2.05, 4.69) is 31.2 Å². The summed E-state index contributed by atoms with van der Waals surface area (Å²) >= 11 is 0. The summed E-state index contributed by atoms with van der Waals surface area (Å²) in [7, 11) is 0. The van der Waals surface area contributed by atoms with Crippen LogP contribution in [0.5, 0.6) is 0 Å². The molecule has 0 aliphatic heterocycles. The Kier molecular flexibility index (Phi) is 25.5. The molecule has 8 heteroatoms. The summed E-state index contributed by atoms with van der Waals surface area (Å²) in [6, 6.07) is 0. The molecule has 0 bridgehead atoms. The first-order chi connectivity index (χ1) is 18.5. The second kappa shape index (κ2) is 27.4. The maximum atomic E-state index is 12.5. The minimum absolute atomic E-state index is 0.0775. The van der Waals surface area contributed by atoms with E-state index in [4.69, 9.17) is 14.6 Å². The van der Waals surface area contributed by atoms with Crippen LogP contribution in [0.15, 0.2) is 24.3 Å². The first kappa shape index (κ1) is 35.4. The van der Waals surface area contributed by atoms with Crippen LogP contribution in [0.2, 0.25) is 0 Å². The molecule has 0 aliphatic rings. The number of hydrogen-bond donors (Lipinski definition) is 1. The molecule has 0 spiro atoms. The van der Waals surface area contributed by atoms with E-state index in [1.165, 1.54) is 37.0 Å². The maximum Gasteiger partial charge on any atom is 0.305 e. The summed E-state index contributed by atoms with van der Waals surface area (Å²) in [4.78, 5) is 47.0. The monoisotopic (exact) mass is 537 g/mol. The number of rotatable bonds is 27. The van der Waals surface area contributed by atoms with Gasteiger partial charge in [-0.2, -0.15) is 0 Å². The van der Waals surface area contributed by atoms with Crippen LogP contribution in [0.4, 0.5) is 0 Å². The maximum absolute atomic E-state index is 12.5. The van der Waals surface area contributed by atoms with Crippen LogP contribution < -0.4 is 0 Å². The molecule has 0 aromatic heterocycles. The summed E-state index contributed by atoms with van der Waals surface area (Å²) < 4.78 is 9.99. The number of carbonyl (C=O) groups is 4. The molecule has 1 amide bonds. The standard InChI is InChI=1S/C30H51NO7/c1-2-3-4-5-6-7-8-9-10-11-12-13-14-15-19-22-30(36)38-26-24-31(23-25-37-27-32)28(33)20-17-16-18-21-29(34)35/h6-7,9-10,27H,2-5,8,11-26H2,1H3,(H,34,35)/b7-6-,10-9-. The lowest BCUT2D eigenvalue weighted by Crippen LogP contribution is -2.37. The van der Waals surface area contributed by atoms with Crippen molar-refractivity contribution in [3.8, 4) is 0 Å². The molecule has 1 N–H and O–H groups in total. The predicted molar refractivity (Wildman–Crippen MR) is 150 cm³/mol. The lowest BCUT2D eigenvalue weighted by molar-refractivity contribution is -0.146. The van der Waals surface area contributed by atoms with Crippen LogP contribution >= 0.6 is 0 Å². The summed E-state index contributed by atoms with van der Waals surface area (Å²) in [5.41, 5.74) is 0. The normalized spacial score (nSPS) is 11.2. The molecule has 0 fully saturated rings. The van der Waals surface area contributed by atoms with Crippen molar-refractivity contribution >= 4 is 24.3 Å². The quantitative estimate of drug-likeness (QED) is 0.0560. The Hall–Kier alpha value is -2.64. The van der Waals surface area contributed by atoms with Crippen molar-refractivity contribution in [1.82, 2.24) is 4.90 Å². The first-order valence-corrected chi connectivity index (χ1v) is 14.5. The molecule has 0 rings (SSSR count). The fourth-order valence-electron chi connectivity index (χ4n) is 3.88. The van der Waals surface area contributed by atoms with Gasteiger partial charge in [0.1, 0.15) is 13.2 Å². The second-order valence-electron chi connectivity index (χ2n) is 9.50. The number of aliphatic carboxylic acids is 1. The molecule has 0 saturated heterocycles. The SMILES string of the molecule is CCCCC/C=C\C/C=C\CCCCCCCC(=O)OCCN(CCOC=O)C(=O)CCCCCC(=O)O. The summed E-state index contributed by atoms with van der Waals surface area (Å²) in [5.74, 6) is -1.23. The van der Waals surface area contributed by atoms with Gasteiger partial charge in [-0.3, -0.25) is 19.2 Å². The fourth-order valence-corrected chi connectivity index (χ4v) is 3.88. The van der Waals surface area contributed by atoms with Crippen molar-refractivity contribution in [2.75, 3.05) is 26.3 Å². The van der Waals surface area contributed by atoms with Crippen molar-refractivity contribution < 1.29 is 33.8 Å². The minimum Gasteiger partial charge on any atom is -0.481 e. The summed E-state index contributed by atoms with van der Waals surface area (Å²) in [6.07, 6.45) is 23.9. The zero-order valence-electron chi connectivity index (χ0n) is 23.6. The third-order valence-corrected chi connectivity index (χ3v) is 6.14. The van der Waals surface area contributed by atoms with Crippen LogP contribution in [0.3, 0.4) is 0 Å². The summed E-state index contributed by atoms with van der Waals surface area (Å²) in [6.45, 7) is 3.21. The Morgan fingerprint density at radius 3 is 1.97 bits per heavy atom. The van der Waals surface area contributed by atoms with Crippen molar-refractivity contribution in [2.45, 2.75) is 116 Å². The van der Waals surface area contributed by atoms with Gasteiger partial charge in [-0.1, -0.05) is 69.8 Å². The van der Waals surface area contributed by atoms with Gasteiger partial charge < -0.3 is 19.5 Å². The number of hydrogen-bond acceptors (Lipinski definition) is 6. The van der Waals surface area contributed by atoms with Crippen LogP contribution in [-0.4, -0.2) is 60.6 Å². The van der Waals surface area contributed by atoms with E-state index in [-0.39, 0.29) is 51.0 Å². The summed E-state index contributed by atoms with van der Waals surface area (Å²) in [5, 5.41) is 8.67. The van der Waals surface area contributed by atoms with Gasteiger partial charge in [0.05, 0.1) is 13.1 Å². The lowest BCUT2D eigenvalue weighted by atomic mass is 10.1. The largest absolute Gasteiger partial charge is 0.481 e. The number of ether oxygens (including phenoxy) is 2. The highest BCUT2D eigenvalue weighted by molar-refractivity contribution is 5.76. The zero-order chi connectivity index (χ0) is 28.1. The number of carboxylic acid groups (broad SMARTS) is 1. The Balaban J connectivity index is 3.87. The Morgan fingerprint density at radius 2 is 1.29 bits per heavy atom. The molecular formula is C30H51NO7. The number of nitrogens with zero attached hydrogens (tertiary/aromatic N) is 1. The highest BCUT2D eigenvalue weighted by Gasteiger charge is 2.14. The number of esters is 1. The van der Waals surface area contributed by atoms with Gasteiger partial charge in [0.15, 0.2) is 0 Å². The van der Waals surface area contributed by atoms with Crippen LogP contribution in [0.1, 0.15) is 116 Å². The van der Waals surface area contributed by atoms with Gasteiger partial charge >= 0.3 is 11.9 Å². The van der Waals surface area contributed by atoms with E-state index < -0.39 is 5.97 Å². The van der Waals surface area contributed by atoms with Crippen LogP contribution in [0.25, 0.3) is 0 Å². The van der Waals surface area contributed by atoms with Crippen LogP contribution in [0, 0.1) is 0 Å².